The van der Waals surface area contributed by atoms with Crippen LogP contribution in [0.4, 0.5) is 4.79 Å². The first-order valence-electron chi connectivity index (χ1n) is 8.10. The summed E-state index contributed by atoms with van der Waals surface area (Å²) in [5, 5.41) is 2.20. The lowest BCUT2D eigenvalue weighted by atomic mass is 9.88. The van der Waals surface area contributed by atoms with E-state index in [1.54, 1.807) is 20.8 Å². The first-order valence-corrected chi connectivity index (χ1v) is 10.6. The second kappa shape index (κ2) is 9.23. The highest BCUT2D eigenvalue weighted by Gasteiger charge is 2.31. The highest BCUT2D eigenvalue weighted by molar-refractivity contribution is 8.14. The van der Waals surface area contributed by atoms with E-state index >= 15 is 0 Å². The molecule has 0 heterocycles. The summed E-state index contributed by atoms with van der Waals surface area (Å²) >= 11 is 1.06. The number of carbonyl (C=O) groups is 2. The number of nitrogens with one attached hydrogen (secondary N) is 1. The van der Waals surface area contributed by atoms with E-state index in [-0.39, 0.29) is 22.2 Å². The van der Waals surface area contributed by atoms with Gasteiger partial charge in [0, 0.05) is 18.2 Å². The van der Waals surface area contributed by atoms with E-state index < -0.39 is 33.6 Å². The Kier molecular flexibility index (Phi) is 8.93. The zero-order valence-corrected chi connectivity index (χ0v) is 17.7. The van der Waals surface area contributed by atoms with Crippen molar-refractivity contribution in [2.45, 2.75) is 78.2 Å². The summed E-state index contributed by atoms with van der Waals surface area (Å²) in [6, 6.07) is -0.634. The van der Waals surface area contributed by atoms with Gasteiger partial charge in [-0.05, 0) is 39.0 Å². The molecule has 0 radical (unpaired) electrons. The number of thioether (sulfide) groups is 1. The van der Waals surface area contributed by atoms with Gasteiger partial charge in [-0.25, -0.2) is 4.79 Å². The first kappa shape index (κ1) is 24.2. The Hall–Kier alpha value is -0.800. The summed E-state index contributed by atoms with van der Waals surface area (Å²) in [5.74, 6) is -0.507. The average Bonchev–Trinajstić information content (AvgIpc) is 2.27. The van der Waals surface area contributed by atoms with Crippen LogP contribution in [0.25, 0.3) is 0 Å². The molecule has 0 spiro atoms. The lowest BCUT2D eigenvalue weighted by Crippen LogP contribution is -2.46. The van der Waals surface area contributed by atoms with E-state index in [4.69, 9.17) is 9.29 Å². The quantitative estimate of drug-likeness (QED) is 0.635. The number of alkyl carbamates (subject to hydrolysis) is 1. The normalized spacial score (nSPS) is 15.4. The van der Waals surface area contributed by atoms with Gasteiger partial charge >= 0.3 is 6.09 Å². The summed E-state index contributed by atoms with van der Waals surface area (Å²) in [5.41, 5.74) is -0.843. The molecular weight excluding hydrogens is 366 g/mol. The third kappa shape index (κ3) is 14.1. The standard InChI is InChI=1S/C16H31NO6S2/c1-11(18)24-13(10-15(2,3)4)12(8-9-25(20,21)22)17-14(19)23-16(5,6)7/h12-13H,8-10H2,1-7H3,(H,17,19)(H,20,21,22). The minimum Gasteiger partial charge on any atom is -0.444 e. The molecule has 0 saturated carbocycles. The van der Waals surface area contributed by atoms with E-state index in [9.17, 15) is 18.0 Å². The van der Waals surface area contributed by atoms with Gasteiger partial charge in [0.05, 0.1) is 5.75 Å². The van der Waals surface area contributed by atoms with Crippen molar-refractivity contribution < 1.29 is 27.3 Å². The highest BCUT2D eigenvalue weighted by Crippen LogP contribution is 2.31. The molecule has 2 N–H and O–H groups in total. The van der Waals surface area contributed by atoms with E-state index in [0.717, 1.165) is 11.8 Å². The second-order valence-electron chi connectivity index (χ2n) is 8.24. The Bertz CT molecular complexity index is 560. The topological polar surface area (TPSA) is 110 Å². The van der Waals surface area contributed by atoms with Crippen molar-refractivity contribution in [3.63, 3.8) is 0 Å². The van der Waals surface area contributed by atoms with Crippen LogP contribution >= 0.6 is 11.8 Å². The maximum Gasteiger partial charge on any atom is 0.407 e. The largest absolute Gasteiger partial charge is 0.444 e. The molecule has 0 rings (SSSR count). The van der Waals surface area contributed by atoms with Gasteiger partial charge in [-0.2, -0.15) is 8.42 Å². The molecule has 1 amide bonds. The summed E-state index contributed by atoms with van der Waals surface area (Å²) in [7, 11) is -4.18. The molecule has 0 aromatic rings. The van der Waals surface area contributed by atoms with E-state index in [1.807, 2.05) is 20.8 Å². The molecular formula is C16H31NO6S2. The molecule has 0 aromatic heterocycles. The smallest absolute Gasteiger partial charge is 0.407 e. The minimum absolute atomic E-state index is 0.0148. The van der Waals surface area contributed by atoms with Crippen molar-refractivity contribution in [2.75, 3.05) is 5.75 Å². The van der Waals surface area contributed by atoms with Gasteiger partial charge in [-0.3, -0.25) is 9.35 Å². The van der Waals surface area contributed by atoms with Gasteiger partial charge < -0.3 is 10.1 Å². The molecule has 0 saturated heterocycles. The van der Waals surface area contributed by atoms with E-state index in [1.165, 1.54) is 6.92 Å². The van der Waals surface area contributed by atoms with Crippen LogP contribution in [0.15, 0.2) is 0 Å². The Labute approximate surface area is 155 Å². The number of carbonyl (C=O) groups excluding carboxylic acids is 2. The van der Waals surface area contributed by atoms with Crippen molar-refractivity contribution in [1.29, 1.82) is 0 Å². The molecule has 0 aliphatic heterocycles. The van der Waals surface area contributed by atoms with Gasteiger partial charge in [0.15, 0.2) is 5.12 Å². The minimum atomic E-state index is -4.18. The average molecular weight is 398 g/mol. The number of hydrogen-bond acceptors (Lipinski definition) is 6. The van der Waals surface area contributed by atoms with Gasteiger partial charge in [-0.1, -0.05) is 32.5 Å². The molecule has 0 aromatic carbocycles. The zero-order chi connectivity index (χ0) is 20.1. The predicted octanol–water partition coefficient (Wildman–Crippen LogP) is 3.24. The van der Waals surface area contributed by atoms with Gasteiger partial charge in [0.1, 0.15) is 5.60 Å². The first-order chi connectivity index (χ1) is 11.0. The van der Waals surface area contributed by atoms with Crippen LogP contribution in [-0.2, 0) is 19.6 Å². The van der Waals surface area contributed by atoms with Crippen LogP contribution in [0.5, 0.6) is 0 Å². The van der Waals surface area contributed by atoms with Crippen molar-refractivity contribution in [1.82, 2.24) is 5.32 Å². The molecule has 0 aliphatic rings. The molecule has 25 heavy (non-hydrogen) atoms. The Balaban J connectivity index is 5.39. The van der Waals surface area contributed by atoms with Crippen LogP contribution in [-0.4, -0.2) is 46.8 Å². The maximum absolute atomic E-state index is 12.1. The fraction of sp³-hybridized carbons (Fsp3) is 0.875. The summed E-state index contributed by atoms with van der Waals surface area (Å²) in [6.45, 7) is 12.6. The lowest BCUT2D eigenvalue weighted by molar-refractivity contribution is -0.109. The second-order valence-corrected chi connectivity index (χ2v) is 11.2. The van der Waals surface area contributed by atoms with Gasteiger partial charge in [-0.15, -0.1) is 0 Å². The van der Waals surface area contributed by atoms with Crippen molar-refractivity contribution in [3.8, 4) is 0 Å². The summed E-state index contributed by atoms with van der Waals surface area (Å²) in [6.07, 6.45) is -0.127. The van der Waals surface area contributed by atoms with Crippen LogP contribution in [0, 0.1) is 5.41 Å². The number of amides is 1. The monoisotopic (exact) mass is 397 g/mol. The number of hydrogen-bond donors (Lipinski definition) is 2. The van der Waals surface area contributed by atoms with Crippen molar-refractivity contribution in [2.24, 2.45) is 5.41 Å². The van der Waals surface area contributed by atoms with Crippen LogP contribution < -0.4 is 5.32 Å². The van der Waals surface area contributed by atoms with Crippen molar-refractivity contribution >= 4 is 33.1 Å². The van der Waals surface area contributed by atoms with Gasteiger partial charge in [0.2, 0.25) is 0 Å². The summed E-state index contributed by atoms with van der Waals surface area (Å²) in [4.78, 5) is 23.7. The molecule has 7 nitrogen and oxygen atoms in total. The fourth-order valence-corrected chi connectivity index (χ4v) is 4.10. The van der Waals surface area contributed by atoms with Crippen LogP contribution in [0.1, 0.15) is 61.3 Å². The molecule has 2 unspecified atom stereocenters. The molecule has 0 fully saturated rings. The Morgan fingerprint density at radius 1 is 1.16 bits per heavy atom. The lowest BCUT2D eigenvalue weighted by Gasteiger charge is -2.32. The van der Waals surface area contributed by atoms with Crippen LogP contribution in [0.2, 0.25) is 0 Å². The SMILES string of the molecule is CC(=O)SC(CC(C)(C)C)C(CCS(=O)(=O)O)NC(=O)OC(C)(C)C. The van der Waals surface area contributed by atoms with E-state index in [0.29, 0.717) is 6.42 Å². The maximum atomic E-state index is 12.1. The van der Waals surface area contributed by atoms with Gasteiger partial charge in [0.25, 0.3) is 10.1 Å². The Morgan fingerprint density at radius 2 is 1.68 bits per heavy atom. The third-order valence-corrected chi connectivity index (χ3v) is 4.85. The predicted molar refractivity (Wildman–Crippen MR) is 100 cm³/mol. The Morgan fingerprint density at radius 3 is 2.04 bits per heavy atom. The third-order valence-electron chi connectivity index (χ3n) is 2.97. The van der Waals surface area contributed by atoms with Crippen LogP contribution in [0.3, 0.4) is 0 Å². The van der Waals surface area contributed by atoms with E-state index in [2.05, 4.69) is 5.32 Å². The fourth-order valence-electron chi connectivity index (χ4n) is 2.17. The molecule has 9 heteroatoms. The van der Waals surface area contributed by atoms with Crippen molar-refractivity contribution in [3.05, 3.63) is 0 Å². The zero-order valence-electron chi connectivity index (χ0n) is 16.1. The molecule has 0 aliphatic carbocycles. The molecule has 0 bridgehead atoms. The number of ether oxygens (including phenoxy) is 1. The molecule has 148 valence electrons. The number of rotatable bonds is 7. The summed E-state index contributed by atoms with van der Waals surface area (Å²) < 4.78 is 36.5. The molecule has 2 atom stereocenters. The highest BCUT2D eigenvalue weighted by atomic mass is 32.2.